The first-order valence-corrected chi connectivity index (χ1v) is 8.82. The fraction of sp³-hybridized carbons (Fsp3) is 0.533. The Hall–Kier alpha value is -1.80. The first kappa shape index (κ1) is 17.6. The fourth-order valence-electron chi connectivity index (χ4n) is 2.55. The highest BCUT2D eigenvalue weighted by atomic mass is 32.2. The molecule has 0 radical (unpaired) electrons. The Bertz CT molecular complexity index is 674. The van der Waals surface area contributed by atoms with Crippen molar-refractivity contribution in [2.45, 2.75) is 17.7 Å². The normalized spacial score (nSPS) is 18.8. The molecule has 1 saturated heterocycles. The molecule has 1 atom stereocenters. The standard InChI is InChI=1S/C15H22N2O5S/c1-17-8-7-11(9-14(17)18)10-16-23(19,20)13-6-4-5-12(21-2)15(13)22-3/h4-6,11,16H,7-10H2,1-3H3/t11-/m0/s1. The van der Waals surface area contributed by atoms with Crippen LogP contribution in [0.2, 0.25) is 0 Å². The molecule has 1 aliphatic rings. The highest BCUT2D eigenvalue weighted by Crippen LogP contribution is 2.33. The molecule has 1 aromatic carbocycles. The Labute approximate surface area is 136 Å². The van der Waals surface area contributed by atoms with Crippen LogP contribution in [0.4, 0.5) is 0 Å². The lowest BCUT2D eigenvalue weighted by molar-refractivity contribution is -0.133. The second-order valence-electron chi connectivity index (χ2n) is 5.52. The van der Waals surface area contributed by atoms with Crippen molar-refractivity contribution in [3.63, 3.8) is 0 Å². The molecular weight excluding hydrogens is 320 g/mol. The zero-order valence-corrected chi connectivity index (χ0v) is 14.4. The van der Waals surface area contributed by atoms with E-state index in [1.807, 2.05) is 0 Å². The Kier molecular flexibility index (Phi) is 5.48. The van der Waals surface area contributed by atoms with Gasteiger partial charge in [0.15, 0.2) is 11.5 Å². The molecule has 0 aromatic heterocycles. The summed E-state index contributed by atoms with van der Waals surface area (Å²) in [5.41, 5.74) is 0. The molecule has 0 bridgehead atoms. The number of carbonyl (C=O) groups is 1. The summed E-state index contributed by atoms with van der Waals surface area (Å²) in [7, 11) is 0.853. The molecule has 23 heavy (non-hydrogen) atoms. The van der Waals surface area contributed by atoms with Crippen LogP contribution in [-0.4, -0.2) is 53.6 Å². The maximum absolute atomic E-state index is 12.5. The number of carbonyl (C=O) groups excluding carboxylic acids is 1. The second-order valence-corrected chi connectivity index (χ2v) is 7.25. The summed E-state index contributed by atoms with van der Waals surface area (Å²) in [6, 6.07) is 4.69. The lowest BCUT2D eigenvalue weighted by Gasteiger charge is -2.28. The molecule has 8 heteroatoms. The number of rotatable bonds is 6. The summed E-state index contributed by atoms with van der Waals surface area (Å²) in [4.78, 5) is 13.4. The summed E-state index contributed by atoms with van der Waals surface area (Å²) in [6.45, 7) is 0.871. The van der Waals surface area contributed by atoms with Crippen LogP contribution in [0.25, 0.3) is 0 Å². The van der Waals surface area contributed by atoms with Gasteiger partial charge in [0.1, 0.15) is 4.90 Å². The largest absolute Gasteiger partial charge is 0.493 e. The van der Waals surface area contributed by atoms with Crippen LogP contribution in [0, 0.1) is 5.92 Å². The van der Waals surface area contributed by atoms with Crippen molar-refractivity contribution in [2.24, 2.45) is 5.92 Å². The highest BCUT2D eigenvalue weighted by Gasteiger charge is 2.27. The number of hydrogen-bond acceptors (Lipinski definition) is 5. The van der Waals surface area contributed by atoms with Crippen molar-refractivity contribution in [3.8, 4) is 11.5 Å². The smallest absolute Gasteiger partial charge is 0.244 e. The summed E-state index contributed by atoms with van der Waals surface area (Å²) < 4.78 is 37.9. The molecule has 1 amide bonds. The molecule has 0 spiro atoms. The molecule has 1 heterocycles. The zero-order valence-electron chi connectivity index (χ0n) is 13.5. The maximum atomic E-state index is 12.5. The van der Waals surface area contributed by atoms with Gasteiger partial charge in [0.2, 0.25) is 15.9 Å². The van der Waals surface area contributed by atoms with Crippen molar-refractivity contribution in [2.75, 3.05) is 34.4 Å². The predicted octanol–water partition coefficient (Wildman–Crippen LogP) is 0.850. The lowest BCUT2D eigenvalue weighted by Crippen LogP contribution is -2.40. The van der Waals surface area contributed by atoms with Gasteiger partial charge in [-0.25, -0.2) is 13.1 Å². The van der Waals surface area contributed by atoms with Gasteiger partial charge in [-0.05, 0) is 24.5 Å². The summed E-state index contributed by atoms with van der Waals surface area (Å²) in [6.07, 6.45) is 1.13. The minimum absolute atomic E-state index is 0.00470. The topological polar surface area (TPSA) is 84.9 Å². The van der Waals surface area contributed by atoms with Crippen LogP contribution in [-0.2, 0) is 14.8 Å². The number of hydrogen-bond donors (Lipinski definition) is 1. The fourth-order valence-corrected chi connectivity index (χ4v) is 3.85. The highest BCUT2D eigenvalue weighted by molar-refractivity contribution is 7.89. The van der Waals surface area contributed by atoms with E-state index in [1.54, 1.807) is 24.1 Å². The number of methoxy groups -OCH3 is 2. The third kappa shape index (κ3) is 3.94. The quantitative estimate of drug-likeness (QED) is 0.828. The third-order valence-corrected chi connectivity index (χ3v) is 5.43. The molecule has 1 N–H and O–H groups in total. The van der Waals surface area contributed by atoms with Crippen LogP contribution in [0.1, 0.15) is 12.8 Å². The number of likely N-dealkylation sites (tertiary alicyclic amines) is 1. The van der Waals surface area contributed by atoms with E-state index < -0.39 is 10.0 Å². The van der Waals surface area contributed by atoms with E-state index in [9.17, 15) is 13.2 Å². The second kappa shape index (κ2) is 7.18. The van der Waals surface area contributed by atoms with E-state index in [-0.39, 0.29) is 29.0 Å². The number of sulfonamides is 1. The van der Waals surface area contributed by atoms with Crippen LogP contribution >= 0.6 is 0 Å². The minimum atomic E-state index is -3.75. The van der Waals surface area contributed by atoms with E-state index in [1.165, 1.54) is 20.3 Å². The average molecular weight is 342 g/mol. The average Bonchev–Trinajstić information content (AvgIpc) is 2.55. The first-order chi connectivity index (χ1) is 10.9. The van der Waals surface area contributed by atoms with Crippen LogP contribution in [0.3, 0.4) is 0 Å². The van der Waals surface area contributed by atoms with Gasteiger partial charge in [-0.1, -0.05) is 6.07 Å². The van der Waals surface area contributed by atoms with Crippen LogP contribution in [0.15, 0.2) is 23.1 Å². The Morgan fingerprint density at radius 3 is 2.65 bits per heavy atom. The third-order valence-electron chi connectivity index (χ3n) is 3.98. The van der Waals surface area contributed by atoms with Gasteiger partial charge >= 0.3 is 0 Å². The van der Waals surface area contributed by atoms with Gasteiger partial charge in [0.25, 0.3) is 0 Å². The Morgan fingerprint density at radius 2 is 2.04 bits per heavy atom. The Morgan fingerprint density at radius 1 is 1.30 bits per heavy atom. The monoisotopic (exact) mass is 342 g/mol. The number of benzene rings is 1. The van der Waals surface area contributed by atoms with E-state index >= 15 is 0 Å². The van der Waals surface area contributed by atoms with E-state index in [2.05, 4.69) is 4.72 Å². The maximum Gasteiger partial charge on any atom is 0.244 e. The van der Waals surface area contributed by atoms with Gasteiger partial charge < -0.3 is 14.4 Å². The van der Waals surface area contributed by atoms with Gasteiger partial charge in [0.05, 0.1) is 14.2 Å². The first-order valence-electron chi connectivity index (χ1n) is 7.33. The van der Waals surface area contributed by atoms with Gasteiger partial charge in [0, 0.05) is 26.6 Å². The molecule has 1 aromatic rings. The van der Waals surface area contributed by atoms with Crippen molar-refractivity contribution in [3.05, 3.63) is 18.2 Å². The minimum Gasteiger partial charge on any atom is -0.493 e. The summed E-state index contributed by atoms with van der Waals surface area (Å²) in [5.74, 6) is 0.566. The molecule has 0 aliphatic carbocycles. The molecule has 7 nitrogen and oxygen atoms in total. The predicted molar refractivity (Wildman–Crippen MR) is 85.1 cm³/mol. The van der Waals surface area contributed by atoms with Gasteiger partial charge in [-0.15, -0.1) is 0 Å². The van der Waals surface area contributed by atoms with Gasteiger partial charge in [-0.3, -0.25) is 4.79 Å². The van der Waals surface area contributed by atoms with Crippen molar-refractivity contribution >= 4 is 15.9 Å². The zero-order chi connectivity index (χ0) is 17.0. The van der Waals surface area contributed by atoms with Gasteiger partial charge in [-0.2, -0.15) is 0 Å². The van der Waals surface area contributed by atoms with E-state index in [0.717, 1.165) is 6.42 Å². The number of piperidine rings is 1. The number of ether oxygens (including phenoxy) is 2. The molecule has 2 rings (SSSR count). The molecule has 1 aliphatic heterocycles. The van der Waals surface area contributed by atoms with Crippen LogP contribution < -0.4 is 14.2 Å². The number of para-hydroxylation sites is 1. The molecule has 0 unspecified atom stereocenters. The summed E-state index contributed by atoms with van der Waals surface area (Å²) in [5, 5.41) is 0. The van der Waals surface area contributed by atoms with E-state index in [0.29, 0.717) is 18.7 Å². The van der Waals surface area contributed by atoms with E-state index in [4.69, 9.17) is 9.47 Å². The van der Waals surface area contributed by atoms with Crippen molar-refractivity contribution < 1.29 is 22.7 Å². The molecule has 128 valence electrons. The molecule has 0 saturated carbocycles. The SMILES string of the molecule is COc1cccc(S(=O)(=O)NC[C@H]2CCN(C)C(=O)C2)c1OC. The number of nitrogens with zero attached hydrogens (tertiary/aromatic N) is 1. The number of amides is 1. The van der Waals surface area contributed by atoms with Crippen molar-refractivity contribution in [1.82, 2.24) is 9.62 Å². The summed E-state index contributed by atoms with van der Waals surface area (Å²) >= 11 is 0. The van der Waals surface area contributed by atoms with Crippen LogP contribution in [0.5, 0.6) is 11.5 Å². The van der Waals surface area contributed by atoms with Crippen molar-refractivity contribution in [1.29, 1.82) is 0 Å². The number of nitrogens with one attached hydrogen (secondary N) is 1. The Balaban J connectivity index is 2.12. The molecule has 1 fully saturated rings. The lowest BCUT2D eigenvalue weighted by atomic mass is 9.97. The molecular formula is C15H22N2O5S.